The van der Waals surface area contributed by atoms with Gasteiger partial charge in [0.2, 0.25) is 0 Å². The highest BCUT2D eigenvalue weighted by Crippen LogP contribution is 2.36. The largest absolute Gasteiger partial charge is 0.370 e. The summed E-state index contributed by atoms with van der Waals surface area (Å²) in [5.41, 5.74) is 2.50. The van der Waals surface area contributed by atoms with Gasteiger partial charge in [-0.05, 0) is 31.0 Å². The fourth-order valence-corrected chi connectivity index (χ4v) is 2.33. The summed E-state index contributed by atoms with van der Waals surface area (Å²) in [4.78, 5) is 2.33. The Morgan fingerprint density at radius 1 is 1.44 bits per heavy atom. The Morgan fingerprint density at radius 2 is 2.19 bits per heavy atom. The maximum atomic E-state index is 6.31. The van der Waals surface area contributed by atoms with Crippen molar-refractivity contribution in [3.8, 4) is 0 Å². The second kappa shape index (κ2) is 5.07. The highest BCUT2D eigenvalue weighted by molar-refractivity contribution is 6.33. The van der Waals surface area contributed by atoms with Gasteiger partial charge in [0.25, 0.3) is 0 Å². The summed E-state index contributed by atoms with van der Waals surface area (Å²) in [5.74, 6) is 0. The van der Waals surface area contributed by atoms with E-state index in [-0.39, 0.29) is 0 Å². The number of para-hydroxylation sites is 1. The van der Waals surface area contributed by atoms with Gasteiger partial charge < -0.3 is 10.2 Å². The highest BCUT2D eigenvalue weighted by atomic mass is 35.5. The van der Waals surface area contributed by atoms with Gasteiger partial charge in [0, 0.05) is 19.6 Å². The summed E-state index contributed by atoms with van der Waals surface area (Å²) in [6, 6.07) is 6.85. The van der Waals surface area contributed by atoms with Crippen molar-refractivity contribution in [3.05, 3.63) is 28.8 Å². The van der Waals surface area contributed by atoms with Crippen molar-refractivity contribution in [1.29, 1.82) is 0 Å². The van der Waals surface area contributed by atoms with Gasteiger partial charge in [-0.1, -0.05) is 30.7 Å². The summed E-state index contributed by atoms with van der Waals surface area (Å²) in [6.45, 7) is 4.00. The quantitative estimate of drug-likeness (QED) is 0.848. The van der Waals surface area contributed by atoms with Crippen LogP contribution in [0.1, 0.15) is 25.3 Å². The molecule has 1 aromatic rings. The molecular weight excluding hydrogens is 220 g/mol. The van der Waals surface area contributed by atoms with Crippen molar-refractivity contribution < 1.29 is 0 Å². The third kappa shape index (κ3) is 2.50. The fraction of sp³-hybridized carbons (Fsp3) is 0.538. The number of nitrogens with one attached hydrogen (secondary N) is 1. The molecule has 0 radical (unpaired) electrons. The summed E-state index contributed by atoms with van der Waals surface area (Å²) in [7, 11) is 2.15. The van der Waals surface area contributed by atoms with Gasteiger partial charge in [0.1, 0.15) is 0 Å². The number of benzene rings is 1. The van der Waals surface area contributed by atoms with Crippen LogP contribution in [0.4, 0.5) is 5.69 Å². The molecule has 0 atom stereocenters. The van der Waals surface area contributed by atoms with Gasteiger partial charge in [-0.2, -0.15) is 0 Å². The molecule has 0 saturated heterocycles. The van der Waals surface area contributed by atoms with Crippen LogP contribution in [0.2, 0.25) is 5.02 Å². The molecule has 1 fully saturated rings. The minimum atomic E-state index is 0.695. The summed E-state index contributed by atoms with van der Waals surface area (Å²) < 4.78 is 0. The standard InChI is InChI=1S/C13H19ClN2/c1-3-15-9-10-5-4-6-12(14)13(10)16(2)11-7-8-11/h4-6,11,15H,3,7-9H2,1-2H3. The first-order chi connectivity index (χ1) is 7.74. The normalized spacial score (nSPS) is 15.2. The van der Waals surface area contributed by atoms with Crippen LogP contribution in [0.5, 0.6) is 0 Å². The van der Waals surface area contributed by atoms with Crippen LogP contribution in [0.15, 0.2) is 18.2 Å². The molecule has 88 valence electrons. The van der Waals surface area contributed by atoms with Gasteiger partial charge in [0.05, 0.1) is 10.7 Å². The lowest BCUT2D eigenvalue weighted by Crippen LogP contribution is -2.23. The third-order valence-corrected chi connectivity index (χ3v) is 3.39. The van der Waals surface area contributed by atoms with E-state index in [9.17, 15) is 0 Å². The molecule has 1 N–H and O–H groups in total. The number of halogens is 1. The molecule has 0 bridgehead atoms. The Kier molecular flexibility index (Phi) is 3.72. The minimum Gasteiger partial charge on any atom is -0.370 e. The average molecular weight is 239 g/mol. The third-order valence-electron chi connectivity index (χ3n) is 3.08. The van der Waals surface area contributed by atoms with Crippen molar-refractivity contribution in [1.82, 2.24) is 5.32 Å². The van der Waals surface area contributed by atoms with Crippen LogP contribution in [0, 0.1) is 0 Å². The molecule has 1 aliphatic rings. The van der Waals surface area contributed by atoms with Gasteiger partial charge in [-0.15, -0.1) is 0 Å². The molecule has 1 aliphatic carbocycles. The monoisotopic (exact) mass is 238 g/mol. The molecule has 3 heteroatoms. The van der Waals surface area contributed by atoms with E-state index in [1.807, 2.05) is 12.1 Å². The van der Waals surface area contributed by atoms with Crippen LogP contribution in [0.25, 0.3) is 0 Å². The van der Waals surface area contributed by atoms with E-state index < -0.39 is 0 Å². The first-order valence-electron chi connectivity index (χ1n) is 5.95. The molecule has 1 saturated carbocycles. The van der Waals surface area contributed by atoms with Crippen LogP contribution in [-0.4, -0.2) is 19.6 Å². The minimum absolute atomic E-state index is 0.695. The zero-order valence-corrected chi connectivity index (χ0v) is 10.7. The van der Waals surface area contributed by atoms with E-state index in [4.69, 9.17) is 11.6 Å². The summed E-state index contributed by atoms with van der Waals surface area (Å²) in [6.07, 6.45) is 2.59. The average Bonchev–Trinajstić information content (AvgIpc) is 3.09. The first kappa shape index (κ1) is 11.7. The number of anilines is 1. The van der Waals surface area contributed by atoms with Crippen molar-refractivity contribution in [3.63, 3.8) is 0 Å². The van der Waals surface area contributed by atoms with Gasteiger partial charge in [-0.3, -0.25) is 0 Å². The lowest BCUT2D eigenvalue weighted by Gasteiger charge is -2.23. The van der Waals surface area contributed by atoms with Gasteiger partial charge in [0.15, 0.2) is 0 Å². The maximum absolute atomic E-state index is 6.31. The molecule has 0 spiro atoms. The maximum Gasteiger partial charge on any atom is 0.0642 e. The van der Waals surface area contributed by atoms with E-state index in [0.717, 1.165) is 18.1 Å². The van der Waals surface area contributed by atoms with Gasteiger partial charge >= 0.3 is 0 Å². The second-order valence-corrected chi connectivity index (χ2v) is 4.78. The smallest absolute Gasteiger partial charge is 0.0642 e. The molecule has 0 unspecified atom stereocenters. The van der Waals surface area contributed by atoms with Crippen molar-refractivity contribution >= 4 is 17.3 Å². The Labute approximate surface area is 103 Å². The SMILES string of the molecule is CCNCc1cccc(Cl)c1N(C)C1CC1. The molecule has 1 aromatic carbocycles. The highest BCUT2D eigenvalue weighted by Gasteiger charge is 2.28. The number of hydrogen-bond donors (Lipinski definition) is 1. The van der Waals surface area contributed by atoms with Gasteiger partial charge in [-0.25, -0.2) is 0 Å². The van der Waals surface area contributed by atoms with E-state index >= 15 is 0 Å². The topological polar surface area (TPSA) is 15.3 Å². The van der Waals surface area contributed by atoms with Crippen LogP contribution in [-0.2, 0) is 6.54 Å². The Balaban J connectivity index is 2.24. The summed E-state index contributed by atoms with van der Waals surface area (Å²) in [5, 5.41) is 4.23. The second-order valence-electron chi connectivity index (χ2n) is 4.37. The molecule has 2 nitrogen and oxygen atoms in total. The first-order valence-corrected chi connectivity index (χ1v) is 6.32. The molecule has 0 heterocycles. The summed E-state index contributed by atoms with van der Waals surface area (Å²) >= 11 is 6.31. The van der Waals surface area contributed by atoms with E-state index in [2.05, 4.69) is 30.3 Å². The van der Waals surface area contributed by atoms with Crippen LogP contribution >= 0.6 is 11.6 Å². The molecular formula is C13H19ClN2. The zero-order valence-electron chi connectivity index (χ0n) is 9.96. The molecule has 2 rings (SSSR count). The number of nitrogens with zero attached hydrogens (tertiary/aromatic N) is 1. The van der Waals surface area contributed by atoms with Crippen LogP contribution < -0.4 is 10.2 Å². The van der Waals surface area contributed by atoms with Crippen molar-refractivity contribution in [2.24, 2.45) is 0 Å². The molecule has 0 aliphatic heterocycles. The lowest BCUT2D eigenvalue weighted by atomic mass is 10.1. The van der Waals surface area contributed by atoms with E-state index in [1.54, 1.807) is 0 Å². The molecule has 0 amide bonds. The van der Waals surface area contributed by atoms with Crippen molar-refractivity contribution in [2.75, 3.05) is 18.5 Å². The predicted molar refractivity (Wildman–Crippen MR) is 70.3 cm³/mol. The van der Waals surface area contributed by atoms with E-state index in [0.29, 0.717) is 6.04 Å². The predicted octanol–water partition coefficient (Wildman–Crippen LogP) is 3.05. The lowest BCUT2D eigenvalue weighted by molar-refractivity contribution is 0.723. The number of rotatable bonds is 5. The Hall–Kier alpha value is -0.730. The van der Waals surface area contributed by atoms with E-state index in [1.165, 1.54) is 24.1 Å². The number of hydrogen-bond acceptors (Lipinski definition) is 2. The fourth-order valence-electron chi connectivity index (χ4n) is 2.00. The molecule has 16 heavy (non-hydrogen) atoms. The molecule has 0 aromatic heterocycles. The Bertz CT molecular complexity index is 361. The van der Waals surface area contributed by atoms with Crippen LogP contribution in [0.3, 0.4) is 0 Å². The Morgan fingerprint density at radius 3 is 2.81 bits per heavy atom. The van der Waals surface area contributed by atoms with Crippen molar-refractivity contribution in [2.45, 2.75) is 32.4 Å². The zero-order chi connectivity index (χ0) is 11.5.